The van der Waals surface area contributed by atoms with Gasteiger partial charge in [0.15, 0.2) is 0 Å². The zero-order chi connectivity index (χ0) is 16.7. The molecular weight excluding hydrogens is 378 g/mol. The van der Waals surface area contributed by atoms with Gasteiger partial charge in [-0.1, -0.05) is 13.3 Å². The Kier molecular flexibility index (Phi) is 5.43. The highest BCUT2D eigenvalue weighted by atomic mass is 79.9. The van der Waals surface area contributed by atoms with Crippen molar-refractivity contribution in [2.45, 2.75) is 38.3 Å². The van der Waals surface area contributed by atoms with E-state index in [0.717, 1.165) is 47.8 Å². The molecule has 25 heavy (non-hydrogen) atoms. The SMILES string of the molecule is Br.CC[C@H]1CN2CC[C@H]1C[C@H]2[C@H](O)c1ccnc2ccc(C#N)cc12. The first-order valence-electron chi connectivity index (χ1n) is 8.92. The highest BCUT2D eigenvalue weighted by Gasteiger charge is 2.42. The second kappa shape index (κ2) is 7.41. The highest BCUT2D eigenvalue weighted by Crippen LogP contribution is 2.42. The summed E-state index contributed by atoms with van der Waals surface area (Å²) >= 11 is 0. The molecule has 1 unspecified atom stereocenters. The first-order valence-corrected chi connectivity index (χ1v) is 8.92. The van der Waals surface area contributed by atoms with Crippen LogP contribution in [0.5, 0.6) is 0 Å². The van der Waals surface area contributed by atoms with Crippen molar-refractivity contribution in [1.29, 1.82) is 5.26 Å². The van der Waals surface area contributed by atoms with Gasteiger partial charge in [0.25, 0.3) is 0 Å². The van der Waals surface area contributed by atoms with Gasteiger partial charge < -0.3 is 5.11 Å². The predicted molar refractivity (Wildman–Crippen MR) is 104 cm³/mol. The fourth-order valence-corrected chi connectivity index (χ4v) is 4.67. The molecule has 3 aliphatic rings. The van der Waals surface area contributed by atoms with Crippen molar-refractivity contribution in [2.24, 2.45) is 11.8 Å². The van der Waals surface area contributed by atoms with Crippen molar-refractivity contribution >= 4 is 27.9 Å². The molecule has 5 rings (SSSR count). The van der Waals surface area contributed by atoms with Crippen LogP contribution in [0.15, 0.2) is 30.5 Å². The molecule has 0 radical (unpaired) electrons. The van der Waals surface area contributed by atoms with Gasteiger partial charge >= 0.3 is 0 Å². The van der Waals surface area contributed by atoms with Gasteiger partial charge in [-0.05, 0) is 61.1 Å². The Bertz CT molecular complexity index is 803. The van der Waals surface area contributed by atoms with Crippen LogP contribution >= 0.6 is 17.0 Å². The summed E-state index contributed by atoms with van der Waals surface area (Å²) < 4.78 is 0. The van der Waals surface area contributed by atoms with Gasteiger partial charge in [-0.15, -0.1) is 17.0 Å². The van der Waals surface area contributed by atoms with Crippen LogP contribution in [-0.2, 0) is 0 Å². The van der Waals surface area contributed by atoms with Gasteiger partial charge in [-0.3, -0.25) is 9.88 Å². The number of piperidine rings is 3. The molecule has 1 N–H and O–H groups in total. The maximum atomic E-state index is 11.1. The van der Waals surface area contributed by atoms with Crippen molar-refractivity contribution < 1.29 is 5.11 Å². The third-order valence-corrected chi connectivity index (χ3v) is 6.05. The molecule has 2 bridgehead atoms. The minimum absolute atomic E-state index is 0. The van der Waals surface area contributed by atoms with Crippen LogP contribution in [0.4, 0.5) is 0 Å². The van der Waals surface area contributed by atoms with Gasteiger partial charge in [0, 0.05) is 24.2 Å². The number of hydrogen-bond donors (Lipinski definition) is 1. The van der Waals surface area contributed by atoms with Gasteiger partial charge in [-0.2, -0.15) is 5.26 Å². The molecule has 1 aromatic carbocycles. The molecule has 5 heteroatoms. The molecule has 3 aliphatic heterocycles. The molecule has 0 spiro atoms. The summed E-state index contributed by atoms with van der Waals surface area (Å²) in [6, 6.07) is 9.78. The lowest BCUT2D eigenvalue weighted by Crippen LogP contribution is -2.55. The highest BCUT2D eigenvalue weighted by molar-refractivity contribution is 8.93. The van der Waals surface area contributed by atoms with Crippen molar-refractivity contribution in [2.75, 3.05) is 13.1 Å². The standard InChI is InChI=1S/C20H23N3O.BrH/c1-2-14-12-23-8-6-15(14)10-19(23)20(24)16-5-7-22-18-4-3-13(11-21)9-17(16)18;/h3-5,7,9,14-15,19-20,24H,2,6,8,10,12H2,1H3;1H/t14-,15-,19-,20+;/m0./s1. The van der Waals surface area contributed by atoms with Crippen molar-refractivity contribution in [3.8, 4) is 6.07 Å². The quantitative estimate of drug-likeness (QED) is 0.848. The maximum Gasteiger partial charge on any atom is 0.0991 e. The molecule has 0 amide bonds. The monoisotopic (exact) mass is 401 g/mol. The number of aliphatic hydroxyl groups is 1. The van der Waals surface area contributed by atoms with Crippen LogP contribution in [0.25, 0.3) is 10.9 Å². The lowest BCUT2D eigenvalue weighted by Gasteiger charge is -2.51. The van der Waals surface area contributed by atoms with Gasteiger partial charge in [0.2, 0.25) is 0 Å². The molecule has 1 aromatic heterocycles. The van der Waals surface area contributed by atoms with Crippen LogP contribution in [-0.4, -0.2) is 34.1 Å². The summed E-state index contributed by atoms with van der Waals surface area (Å²) in [6.45, 7) is 4.47. The average Bonchev–Trinajstić information content (AvgIpc) is 2.66. The number of nitriles is 1. The van der Waals surface area contributed by atoms with E-state index in [4.69, 9.17) is 0 Å². The molecule has 3 saturated heterocycles. The molecule has 0 aliphatic carbocycles. The summed E-state index contributed by atoms with van der Waals surface area (Å²) in [7, 11) is 0. The Morgan fingerprint density at radius 1 is 1.40 bits per heavy atom. The van der Waals surface area contributed by atoms with Crippen molar-refractivity contribution in [3.63, 3.8) is 0 Å². The van der Waals surface area contributed by atoms with Gasteiger partial charge in [-0.25, -0.2) is 0 Å². The Morgan fingerprint density at radius 3 is 2.92 bits per heavy atom. The molecular formula is C20H24BrN3O. The number of rotatable bonds is 3. The topological polar surface area (TPSA) is 60.1 Å². The molecule has 0 saturated carbocycles. The molecule has 5 atom stereocenters. The van der Waals surface area contributed by atoms with E-state index in [1.54, 1.807) is 12.3 Å². The van der Waals surface area contributed by atoms with Crippen LogP contribution in [0.1, 0.15) is 43.4 Å². The maximum absolute atomic E-state index is 11.1. The smallest absolute Gasteiger partial charge is 0.0991 e. The third kappa shape index (κ3) is 3.19. The van der Waals surface area contributed by atoms with E-state index < -0.39 is 6.10 Å². The summed E-state index contributed by atoms with van der Waals surface area (Å²) in [4.78, 5) is 6.86. The minimum Gasteiger partial charge on any atom is -0.387 e. The first kappa shape index (κ1) is 18.3. The van der Waals surface area contributed by atoms with E-state index in [2.05, 4.69) is 22.9 Å². The molecule has 2 aromatic rings. The summed E-state index contributed by atoms with van der Waals surface area (Å²) in [5.74, 6) is 1.52. The summed E-state index contributed by atoms with van der Waals surface area (Å²) in [5, 5.41) is 21.2. The Hall–Kier alpha value is -1.48. The second-order valence-electron chi connectivity index (χ2n) is 7.20. The van der Waals surface area contributed by atoms with Crippen molar-refractivity contribution in [1.82, 2.24) is 9.88 Å². The Morgan fingerprint density at radius 2 is 2.24 bits per heavy atom. The average molecular weight is 402 g/mol. The number of pyridine rings is 1. The Labute approximate surface area is 159 Å². The Balaban J connectivity index is 0.00000182. The fourth-order valence-electron chi connectivity index (χ4n) is 4.67. The normalized spacial score (nSPS) is 29.0. The second-order valence-corrected chi connectivity index (χ2v) is 7.20. The number of aromatic nitrogens is 1. The number of nitrogens with zero attached hydrogens (tertiary/aromatic N) is 3. The van der Waals surface area contributed by atoms with E-state index in [9.17, 15) is 10.4 Å². The van der Waals surface area contributed by atoms with Crippen LogP contribution in [0, 0.1) is 23.2 Å². The fraction of sp³-hybridized carbons (Fsp3) is 0.500. The number of benzene rings is 1. The lowest BCUT2D eigenvalue weighted by molar-refractivity contribution is -0.0562. The van der Waals surface area contributed by atoms with Crippen LogP contribution in [0.3, 0.4) is 0 Å². The lowest BCUT2D eigenvalue weighted by atomic mass is 9.72. The largest absolute Gasteiger partial charge is 0.387 e. The summed E-state index contributed by atoms with van der Waals surface area (Å²) in [6.07, 6.45) is 4.80. The first-order chi connectivity index (χ1) is 11.7. The van der Waals surface area contributed by atoms with E-state index in [0.29, 0.717) is 5.56 Å². The third-order valence-electron chi connectivity index (χ3n) is 6.05. The molecule has 3 fully saturated rings. The zero-order valence-electron chi connectivity index (χ0n) is 14.4. The number of hydrogen-bond acceptors (Lipinski definition) is 4. The predicted octanol–water partition coefficient (Wildman–Crippen LogP) is 3.84. The molecule has 4 nitrogen and oxygen atoms in total. The van der Waals surface area contributed by atoms with E-state index >= 15 is 0 Å². The zero-order valence-corrected chi connectivity index (χ0v) is 16.1. The van der Waals surface area contributed by atoms with E-state index in [1.807, 2.05) is 18.2 Å². The van der Waals surface area contributed by atoms with Gasteiger partial charge in [0.1, 0.15) is 0 Å². The van der Waals surface area contributed by atoms with Gasteiger partial charge in [0.05, 0.1) is 23.3 Å². The molecule has 132 valence electrons. The van der Waals surface area contributed by atoms with E-state index in [1.165, 1.54) is 12.8 Å². The molecule has 4 heterocycles. The van der Waals surface area contributed by atoms with Crippen LogP contribution in [0.2, 0.25) is 0 Å². The van der Waals surface area contributed by atoms with Crippen molar-refractivity contribution in [3.05, 3.63) is 41.6 Å². The number of halogens is 1. The number of aliphatic hydroxyl groups excluding tert-OH is 1. The summed E-state index contributed by atoms with van der Waals surface area (Å²) in [5.41, 5.74) is 2.36. The van der Waals surface area contributed by atoms with Crippen LogP contribution < -0.4 is 0 Å². The number of fused-ring (bicyclic) bond motifs is 4. The minimum atomic E-state index is -0.523. The van der Waals surface area contributed by atoms with E-state index in [-0.39, 0.29) is 23.0 Å².